The number of alkyl halides is 3. The minimum absolute atomic E-state index is 0.00976. The molecular formula is C24H28F4N4O2. The van der Waals surface area contributed by atoms with Gasteiger partial charge in [-0.3, -0.25) is 19.4 Å². The summed E-state index contributed by atoms with van der Waals surface area (Å²) in [5.74, 6) is -0.799. The maximum absolute atomic E-state index is 14.5. The fourth-order valence-electron chi connectivity index (χ4n) is 3.86. The Morgan fingerprint density at radius 1 is 1.18 bits per heavy atom. The molecule has 0 bridgehead atoms. The highest BCUT2D eigenvalue weighted by Crippen LogP contribution is 2.31. The number of halogens is 4. The summed E-state index contributed by atoms with van der Waals surface area (Å²) in [5, 5.41) is 2.99. The average Bonchev–Trinajstić information content (AvgIpc) is 2.75. The maximum Gasteiger partial charge on any atom is 0.433 e. The molecule has 1 fully saturated rings. The first-order valence-electron chi connectivity index (χ1n) is 11.0. The summed E-state index contributed by atoms with van der Waals surface area (Å²) >= 11 is 0. The van der Waals surface area contributed by atoms with Gasteiger partial charge in [-0.2, -0.15) is 13.2 Å². The Balaban J connectivity index is 1.72. The molecule has 2 amide bonds. The number of piperidine rings is 1. The lowest BCUT2D eigenvalue weighted by atomic mass is 9.94. The van der Waals surface area contributed by atoms with E-state index in [0.29, 0.717) is 37.9 Å². The van der Waals surface area contributed by atoms with Crippen LogP contribution >= 0.6 is 0 Å². The van der Waals surface area contributed by atoms with Gasteiger partial charge in [0.05, 0.1) is 5.69 Å². The number of hydrogen-bond acceptors (Lipinski definition) is 4. The number of pyridine rings is 1. The van der Waals surface area contributed by atoms with Crippen LogP contribution in [0.5, 0.6) is 0 Å². The lowest BCUT2D eigenvalue weighted by Crippen LogP contribution is -2.46. The number of carbonyl (C=O) groups excluding carboxylic acids is 2. The molecule has 0 aliphatic carbocycles. The van der Waals surface area contributed by atoms with E-state index in [-0.39, 0.29) is 35.4 Å². The zero-order valence-corrected chi connectivity index (χ0v) is 19.3. The molecule has 1 aliphatic heterocycles. The normalized spacial score (nSPS) is 15.7. The first-order valence-corrected chi connectivity index (χ1v) is 11.0. The molecule has 184 valence electrons. The zero-order valence-electron chi connectivity index (χ0n) is 19.3. The van der Waals surface area contributed by atoms with Crippen LogP contribution < -0.4 is 10.2 Å². The molecule has 1 saturated heterocycles. The van der Waals surface area contributed by atoms with E-state index in [1.165, 1.54) is 24.3 Å². The summed E-state index contributed by atoms with van der Waals surface area (Å²) in [4.78, 5) is 30.6. The maximum atomic E-state index is 14.5. The van der Waals surface area contributed by atoms with Crippen LogP contribution in [-0.2, 0) is 22.3 Å². The van der Waals surface area contributed by atoms with Crippen molar-refractivity contribution in [1.29, 1.82) is 0 Å². The molecule has 1 aromatic carbocycles. The van der Waals surface area contributed by atoms with Crippen molar-refractivity contribution in [3.63, 3.8) is 0 Å². The minimum atomic E-state index is -4.66. The number of nitrogens with one attached hydrogen (secondary N) is 1. The number of anilines is 2. The van der Waals surface area contributed by atoms with Crippen molar-refractivity contribution in [1.82, 2.24) is 15.2 Å². The molecule has 10 heteroatoms. The standard InChI is InChI=1S/C24H28F4N4O2/c1-23(2,3)30-22(34)16-9-11-31(12-10-16)14-17-13-18(7-8-19(17)25)32(15-33)21-6-4-5-20(29-21)24(26,27)28/h4-8,13,15-16H,9-12,14H2,1-3H3,(H,30,34). The third kappa shape index (κ3) is 6.53. The molecule has 3 rings (SSSR count). The van der Waals surface area contributed by atoms with Crippen molar-refractivity contribution in [2.45, 2.75) is 51.9 Å². The molecule has 2 heterocycles. The molecule has 0 unspecified atom stereocenters. The molecule has 0 saturated carbocycles. The van der Waals surface area contributed by atoms with Gasteiger partial charge in [-0.1, -0.05) is 6.07 Å². The van der Waals surface area contributed by atoms with Gasteiger partial charge >= 0.3 is 6.18 Å². The predicted molar refractivity (Wildman–Crippen MR) is 120 cm³/mol. The lowest BCUT2D eigenvalue weighted by Gasteiger charge is -2.33. The highest BCUT2D eigenvalue weighted by Gasteiger charge is 2.33. The Labute approximate surface area is 196 Å². The minimum Gasteiger partial charge on any atom is -0.351 e. The van der Waals surface area contributed by atoms with Gasteiger partial charge in [0.2, 0.25) is 12.3 Å². The molecule has 0 atom stereocenters. The third-order valence-corrected chi connectivity index (χ3v) is 5.54. The van der Waals surface area contributed by atoms with E-state index >= 15 is 0 Å². The largest absolute Gasteiger partial charge is 0.433 e. The van der Waals surface area contributed by atoms with E-state index in [0.717, 1.165) is 17.0 Å². The van der Waals surface area contributed by atoms with E-state index in [2.05, 4.69) is 10.3 Å². The summed E-state index contributed by atoms with van der Waals surface area (Å²) in [6.45, 7) is 7.21. The van der Waals surface area contributed by atoms with Crippen LogP contribution in [0.1, 0.15) is 44.9 Å². The van der Waals surface area contributed by atoms with E-state index in [9.17, 15) is 27.2 Å². The van der Waals surface area contributed by atoms with Crippen molar-refractivity contribution in [2.75, 3.05) is 18.0 Å². The fourth-order valence-corrected chi connectivity index (χ4v) is 3.86. The molecule has 34 heavy (non-hydrogen) atoms. The SMILES string of the molecule is CC(C)(C)NC(=O)C1CCN(Cc2cc(N(C=O)c3cccc(C(F)(F)F)n3)ccc2F)CC1. The van der Waals surface area contributed by atoms with Crippen LogP contribution in [0.2, 0.25) is 0 Å². The molecular weight excluding hydrogens is 452 g/mol. The Bertz CT molecular complexity index is 1030. The van der Waals surface area contributed by atoms with Crippen LogP contribution in [-0.4, -0.2) is 40.8 Å². The Kier molecular flexibility index (Phi) is 7.60. The number of amides is 2. The number of likely N-dealkylation sites (tertiary alicyclic amines) is 1. The Hall–Kier alpha value is -3.01. The van der Waals surface area contributed by atoms with Crippen molar-refractivity contribution in [3.8, 4) is 0 Å². The van der Waals surface area contributed by atoms with Crippen LogP contribution in [0, 0.1) is 11.7 Å². The topological polar surface area (TPSA) is 65.5 Å². The Morgan fingerprint density at radius 3 is 2.44 bits per heavy atom. The zero-order chi connectivity index (χ0) is 25.1. The molecule has 1 aromatic heterocycles. The van der Waals surface area contributed by atoms with Gasteiger partial charge < -0.3 is 5.32 Å². The first kappa shape index (κ1) is 25.6. The van der Waals surface area contributed by atoms with E-state index in [4.69, 9.17) is 0 Å². The highest BCUT2D eigenvalue weighted by atomic mass is 19.4. The van der Waals surface area contributed by atoms with Crippen molar-refractivity contribution in [3.05, 3.63) is 53.5 Å². The Morgan fingerprint density at radius 2 is 1.85 bits per heavy atom. The number of rotatable bonds is 6. The van der Waals surface area contributed by atoms with Gasteiger partial charge in [-0.05, 0) is 77.0 Å². The second-order valence-electron chi connectivity index (χ2n) is 9.42. The van der Waals surface area contributed by atoms with Crippen LogP contribution in [0.4, 0.5) is 29.1 Å². The highest BCUT2D eigenvalue weighted by molar-refractivity contribution is 5.85. The molecule has 1 N–H and O–H groups in total. The van der Waals surface area contributed by atoms with Crippen molar-refractivity contribution >= 4 is 23.8 Å². The van der Waals surface area contributed by atoms with Gasteiger partial charge in [0.1, 0.15) is 17.3 Å². The molecule has 6 nitrogen and oxygen atoms in total. The molecule has 2 aromatic rings. The van der Waals surface area contributed by atoms with E-state index < -0.39 is 17.7 Å². The smallest absolute Gasteiger partial charge is 0.351 e. The third-order valence-electron chi connectivity index (χ3n) is 5.54. The summed E-state index contributed by atoms with van der Waals surface area (Å²) in [7, 11) is 0. The summed E-state index contributed by atoms with van der Waals surface area (Å²) in [6, 6.07) is 7.18. The summed E-state index contributed by atoms with van der Waals surface area (Å²) in [6.07, 6.45) is -3.04. The van der Waals surface area contributed by atoms with Gasteiger partial charge in [0.15, 0.2) is 0 Å². The molecule has 0 radical (unpaired) electrons. The number of aromatic nitrogens is 1. The first-order chi connectivity index (χ1) is 15.9. The predicted octanol–water partition coefficient (Wildman–Crippen LogP) is 4.66. The van der Waals surface area contributed by atoms with Crippen molar-refractivity contribution in [2.24, 2.45) is 5.92 Å². The van der Waals surface area contributed by atoms with Gasteiger partial charge in [0, 0.05) is 23.6 Å². The lowest BCUT2D eigenvalue weighted by molar-refractivity contribution is -0.141. The summed E-state index contributed by atoms with van der Waals surface area (Å²) in [5.41, 5.74) is -0.930. The second kappa shape index (κ2) is 10.1. The fraction of sp³-hybridized carbons (Fsp3) is 0.458. The molecule has 1 aliphatic rings. The van der Waals surface area contributed by atoms with Gasteiger partial charge in [-0.25, -0.2) is 9.37 Å². The van der Waals surface area contributed by atoms with Gasteiger partial charge in [-0.15, -0.1) is 0 Å². The van der Waals surface area contributed by atoms with Gasteiger partial charge in [0.25, 0.3) is 0 Å². The number of nitrogens with zero attached hydrogens (tertiary/aromatic N) is 3. The number of benzene rings is 1. The monoisotopic (exact) mass is 480 g/mol. The van der Waals surface area contributed by atoms with Crippen LogP contribution in [0.3, 0.4) is 0 Å². The molecule has 0 spiro atoms. The number of carbonyl (C=O) groups is 2. The van der Waals surface area contributed by atoms with Crippen LogP contribution in [0.25, 0.3) is 0 Å². The quantitative estimate of drug-likeness (QED) is 0.483. The second-order valence-corrected chi connectivity index (χ2v) is 9.42. The number of hydrogen-bond donors (Lipinski definition) is 1. The van der Waals surface area contributed by atoms with E-state index in [1.807, 2.05) is 25.7 Å². The van der Waals surface area contributed by atoms with Crippen LogP contribution in [0.15, 0.2) is 36.4 Å². The van der Waals surface area contributed by atoms with Crippen molar-refractivity contribution < 1.29 is 27.2 Å². The van der Waals surface area contributed by atoms with E-state index in [1.54, 1.807) is 0 Å². The average molecular weight is 481 g/mol. The summed E-state index contributed by atoms with van der Waals surface area (Å²) < 4.78 is 53.6.